The van der Waals surface area contributed by atoms with Crippen LogP contribution < -0.4 is 0 Å². The molecule has 0 spiro atoms. The van der Waals surface area contributed by atoms with Crippen LogP contribution in [0.1, 0.15) is 13.3 Å². The molecule has 14 heavy (non-hydrogen) atoms. The molecule has 0 aliphatic carbocycles. The normalized spacial score (nSPS) is 24.1. The van der Waals surface area contributed by atoms with Gasteiger partial charge in [0.15, 0.2) is 0 Å². The van der Waals surface area contributed by atoms with E-state index in [4.69, 9.17) is 5.26 Å². The summed E-state index contributed by atoms with van der Waals surface area (Å²) in [5, 5.41) is 8.73. The first-order valence-electron chi connectivity index (χ1n) is 4.88. The topological polar surface area (TPSA) is 47.3 Å². The Bertz CT molecular complexity index is 257. The molecule has 0 saturated carbocycles. The van der Waals surface area contributed by atoms with Crippen molar-refractivity contribution >= 4 is 5.91 Å². The van der Waals surface area contributed by atoms with Crippen LogP contribution in [0.25, 0.3) is 0 Å². The Balaban J connectivity index is 2.53. The van der Waals surface area contributed by atoms with Crippen LogP contribution in [0.4, 0.5) is 0 Å². The van der Waals surface area contributed by atoms with Crippen LogP contribution in [0.15, 0.2) is 0 Å². The van der Waals surface area contributed by atoms with Gasteiger partial charge in [-0.3, -0.25) is 4.79 Å². The van der Waals surface area contributed by atoms with Gasteiger partial charge in [0.1, 0.15) is 0 Å². The van der Waals surface area contributed by atoms with E-state index in [0.717, 1.165) is 6.54 Å². The largest absolute Gasteiger partial charge is 0.337 e. The summed E-state index contributed by atoms with van der Waals surface area (Å²) < 4.78 is 0. The van der Waals surface area contributed by atoms with Crippen molar-refractivity contribution in [2.75, 3.05) is 27.2 Å². The lowest BCUT2D eigenvalue weighted by Crippen LogP contribution is -2.40. The fraction of sp³-hybridized carbons (Fsp3) is 0.800. The first-order valence-corrected chi connectivity index (χ1v) is 4.88. The van der Waals surface area contributed by atoms with Crippen LogP contribution in [-0.4, -0.2) is 48.9 Å². The lowest BCUT2D eigenvalue weighted by Gasteiger charge is -2.26. The summed E-state index contributed by atoms with van der Waals surface area (Å²) in [4.78, 5) is 15.4. The predicted octanol–water partition coefficient (Wildman–Crippen LogP) is 0.309. The summed E-state index contributed by atoms with van der Waals surface area (Å²) in [5.74, 6) is 0.0120. The number of nitrogens with zero attached hydrogens (tertiary/aromatic N) is 3. The third-order valence-corrected chi connectivity index (χ3v) is 2.50. The van der Waals surface area contributed by atoms with Gasteiger partial charge in [0.05, 0.1) is 12.0 Å². The molecule has 4 heteroatoms. The SMILES string of the molecule is CC(CN(C)C)N1CC(C#N)CC1=O. The molecular formula is C10H17N3O. The maximum atomic E-state index is 11.5. The number of rotatable bonds is 3. The zero-order chi connectivity index (χ0) is 10.7. The minimum atomic E-state index is -0.105. The summed E-state index contributed by atoms with van der Waals surface area (Å²) in [6.45, 7) is 3.48. The highest BCUT2D eigenvalue weighted by Gasteiger charge is 2.32. The van der Waals surface area contributed by atoms with E-state index in [2.05, 4.69) is 11.0 Å². The highest BCUT2D eigenvalue weighted by atomic mass is 16.2. The Morgan fingerprint density at radius 1 is 1.71 bits per heavy atom. The van der Waals surface area contributed by atoms with Gasteiger partial charge in [-0.15, -0.1) is 0 Å². The van der Waals surface area contributed by atoms with Crippen molar-refractivity contribution in [2.45, 2.75) is 19.4 Å². The Kier molecular flexibility index (Phi) is 3.48. The zero-order valence-electron chi connectivity index (χ0n) is 9.03. The van der Waals surface area contributed by atoms with E-state index in [0.29, 0.717) is 13.0 Å². The van der Waals surface area contributed by atoms with Gasteiger partial charge in [0.25, 0.3) is 0 Å². The molecule has 4 nitrogen and oxygen atoms in total. The monoisotopic (exact) mass is 195 g/mol. The van der Waals surface area contributed by atoms with Crippen LogP contribution in [0.2, 0.25) is 0 Å². The van der Waals surface area contributed by atoms with E-state index < -0.39 is 0 Å². The van der Waals surface area contributed by atoms with Crippen LogP contribution in [0, 0.1) is 17.2 Å². The maximum absolute atomic E-state index is 11.5. The summed E-state index contributed by atoms with van der Waals surface area (Å²) in [6.07, 6.45) is 0.397. The van der Waals surface area contributed by atoms with E-state index in [-0.39, 0.29) is 17.9 Å². The second-order valence-electron chi connectivity index (χ2n) is 4.19. The van der Waals surface area contributed by atoms with Crippen molar-refractivity contribution < 1.29 is 4.79 Å². The minimum absolute atomic E-state index is 0.105. The van der Waals surface area contributed by atoms with Crippen molar-refractivity contribution in [3.8, 4) is 6.07 Å². The first-order chi connectivity index (χ1) is 6.54. The molecule has 0 N–H and O–H groups in total. The Labute approximate surface area is 85.1 Å². The molecule has 1 fully saturated rings. The van der Waals surface area contributed by atoms with E-state index in [9.17, 15) is 4.79 Å². The number of likely N-dealkylation sites (tertiary alicyclic amines) is 1. The van der Waals surface area contributed by atoms with Crippen LogP contribution >= 0.6 is 0 Å². The summed E-state index contributed by atoms with van der Waals surface area (Å²) in [6, 6.07) is 2.36. The van der Waals surface area contributed by atoms with Gasteiger partial charge in [-0.2, -0.15) is 5.26 Å². The standard InChI is InChI=1S/C10H17N3O/c1-8(6-12(2)3)13-7-9(5-11)4-10(13)14/h8-9H,4,6-7H2,1-3H3. The van der Waals surface area contributed by atoms with Crippen molar-refractivity contribution in [1.82, 2.24) is 9.80 Å². The number of likely N-dealkylation sites (N-methyl/N-ethyl adjacent to an activating group) is 1. The third kappa shape index (κ3) is 2.46. The van der Waals surface area contributed by atoms with E-state index in [1.807, 2.05) is 25.9 Å². The zero-order valence-corrected chi connectivity index (χ0v) is 9.03. The quantitative estimate of drug-likeness (QED) is 0.651. The molecule has 2 unspecified atom stereocenters. The Morgan fingerprint density at radius 2 is 2.36 bits per heavy atom. The van der Waals surface area contributed by atoms with Gasteiger partial charge in [-0.25, -0.2) is 0 Å². The van der Waals surface area contributed by atoms with Crippen molar-refractivity contribution in [3.05, 3.63) is 0 Å². The number of nitriles is 1. The number of amides is 1. The molecule has 1 aliphatic rings. The highest BCUT2D eigenvalue weighted by Crippen LogP contribution is 2.19. The summed E-state index contributed by atoms with van der Waals surface area (Å²) in [7, 11) is 3.97. The van der Waals surface area contributed by atoms with Gasteiger partial charge in [0.2, 0.25) is 5.91 Å². The average molecular weight is 195 g/mol. The van der Waals surface area contributed by atoms with Crippen LogP contribution in [0.5, 0.6) is 0 Å². The molecule has 0 aromatic rings. The lowest BCUT2D eigenvalue weighted by atomic mass is 10.1. The van der Waals surface area contributed by atoms with E-state index in [1.165, 1.54) is 0 Å². The molecule has 1 aliphatic heterocycles. The van der Waals surface area contributed by atoms with Gasteiger partial charge >= 0.3 is 0 Å². The van der Waals surface area contributed by atoms with Gasteiger partial charge in [-0.1, -0.05) is 0 Å². The second kappa shape index (κ2) is 4.43. The van der Waals surface area contributed by atoms with Crippen molar-refractivity contribution in [3.63, 3.8) is 0 Å². The number of carbonyl (C=O) groups excluding carboxylic acids is 1. The maximum Gasteiger partial charge on any atom is 0.224 e. The van der Waals surface area contributed by atoms with Crippen LogP contribution in [-0.2, 0) is 4.79 Å². The Hall–Kier alpha value is -1.08. The van der Waals surface area contributed by atoms with E-state index >= 15 is 0 Å². The molecule has 1 heterocycles. The van der Waals surface area contributed by atoms with Crippen molar-refractivity contribution in [1.29, 1.82) is 5.26 Å². The number of carbonyl (C=O) groups is 1. The van der Waals surface area contributed by atoms with E-state index in [1.54, 1.807) is 0 Å². The van der Waals surface area contributed by atoms with Crippen molar-refractivity contribution in [2.24, 2.45) is 5.92 Å². The molecule has 0 radical (unpaired) electrons. The highest BCUT2D eigenvalue weighted by molar-refractivity contribution is 5.79. The van der Waals surface area contributed by atoms with Gasteiger partial charge < -0.3 is 9.80 Å². The Morgan fingerprint density at radius 3 is 2.79 bits per heavy atom. The molecule has 2 atom stereocenters. The molecule has 0 aromatic carbocycles. The second-order valence-corrected chi connectivity index (χ2v) is 4.19. The first kappa shape index (κ1) is 11.0. The predicted molar refractivity (Wildman–Crippen MR) is 53.4 cm³/mol. The molecular weight excluding hydrogens is 178 g/mol. The molecule has 1 saturated heterocycles. The molecule has 1 rings (SSSR count). The average Bonchev–Trinajstić information content (AvgIpc) is 2.45. The van der Waals surface area contributed by atoms with Crippen LogP contribution in [0.3, 0.4) is 0 Å². The third-order valence-electron chi connectivity index (χ3n) is 2.50. The molecule has 0 bridgehead atoms. The lowest BCUT2D eigenvalue weighted by molar-refractivity contribution is -0.129. The minimum Gasteiger partial charge on any atom is -0.337 e. The fourth-order valence-corrected chi connectivity index (χ4v) is 1.87. The number of hydrogen-bond acceptors (Lipinski definition) is 3. The van der Waals surface area contributed by atoms with Gasteiger partial charge in [-0.05, 0) is 21.0 Å². The van der Waals surface area contributed by atoms with Gasteiger partial charge in [0, 0.05) is 25.6 Å². The summed E-state index contributed by atoms with van der Waals surface area (Å²) in [5.41, 5.74) is 0. The summed E-state index contributed by atoms with van der Waals surface area (Å²) >= 11 is 0. The fourth-order valence-electron chi connectivity index (χ4n) is 1.87. The molecule has 0 aromatic heterocycles. The number of hydrogen-bond donors (Lipinski definition) is 0. The molecule has 78 valence electrons. The smallest absolute Gasteiger partial charge is 0.224 e. The molecule has 1 amide bonds.